The fraction of sp³-hybridized carbons (Fsp3) is 0.500. The Labute approximate surface area is 124 Å². The Hall–Kier alpha value is -1.91. The van der Waals surface area contributed by atoms with E-state index < -0.39 is 18.8 Å². The minimum absolute atomic E-state index is 0.105. The zero-order valence-electron chi connectivity index (χ0n) is 12.2. The number of hydrogen-bond donors (Lipinski definition) is 1. The number of nitrogens with one attached hydrogen (secondary N) is 1. The van der Waals surface area contributed by atoms with Crippen LogP contribution in [-0.4, -0.2) is 42.0 Å². The monoisotopic (exact) mass is 292 g/mol. The SMILES string of the molecule is CCC1NC(=O)C(Cc2ccccc2)N(CCCF)C1=O. The second-order valence-electron chi connectivity index (χ2n) is 5.25. The number of piperazine rings is 1. The molecule has 1 heterocycles. The molecule has 114 valence electrons. The van der Waals surface area contributed by atoms with Crippen LogP contribution in [0.25, 0.3) is 0 Å². The predicted octanol–water partition coefficient (Wildman–Crippen LogP) is 1.69. The van der Waals surface area contributed by atoms with Crippen LogP contribution in [0.5, 0.6) is 0 Å². The van der Waals surface area contributed by atoms with Crippen molar-refractivity contribution in [1.29, 1.82) is 0 Å². The zero-order valence-corrected chi connectivity index (χ0v) is 12.2. The van der Waals surface area contributed by atoms with E-state index in [1.807, 2.05) is 37.3 Å². The number of carbonyl (C=O) groups excluding carboxylic acids is 2. The van der Waals surface area contributed by atoms with Crippen molar-refractivity contribution in [2.75, 3.05) is 13.2 Å². The fourth-order valence-corrected chi connectivity index (χ4v) is 2.64. The molecule has 0 aliphatic carbocycles. The minimum Gasteiger partial charge on any atom is -0.343 e. The number of nitrogens with zero attached hydrogens (tertiary/aromatic N) is 1. The van der Waals surface area contributed by atoms with Gasteiger partial charge < -0.3 is 10.2 Å². The lowest BCUT2D eigenvalue weighted by Gasteiger charge is -2.38. The van der Waals surface area contributed by atoms with Gasteiger partial charge in [0.15, 0.2) is 0 Å². The smallest absolute Gasteiger partial charge is 0.245 e. The molecule has 4 nitrogen and oxygen atoms in total. The molecule has 2 rings (SSSR count). The molecule has 1 aromatic rings. The highest BCUT2D eigenvalue weighted by Gasteiger charge is 2.39. The highest BCUT2D eigenvalue weighted by Crippen LogP contribution is 2.17. The van der Waals surface area contributed by atoms with Gasteiger partial charge in [-0.05, 0) is 18.4 Å². The molecule has 2 unspecified atom stereocenters. The molecular formula is C16H21FN2O2. The van der Waals surface area contributed by atoms with E-state index in [0.717, 1.165) is 5.56 Å². The molecule has 0 aromatic heterocycles. The highest BCUT2D eigenvalue weighted by atomic mass is 19.1. The summed E-state index contributed by atoms with van der Waals surface area (Å²) in [7, 11) is 0. The van der Waals surface area contributed by atoms with Gasteiger partial charge in [0.1, 0.15) is 12.1 Å². The number of alkyl halides is 1. The quantitative estimate of drug-likeness (QED) is 0.867. The van der Waals surface area contributed by atoms with E-state index in [9.17, 15) is 14.0 Å². The average Bonchev–Trinajstić information content (AvgIpc) is 2.51. The Morgan fingerprint density at radius 1 is 1.24 bits per heavy atom. The van der Waals surface area contributed by atoms with E-state index in [0.29, 0.717) is 12.8 Å². The first-order valence-electron chi connectivity index (χ1n) is 7.38. The molecule has 1 aliphatic rings. The summed E-state index contributed by atoms with van der Waals surface area (Å²) < 4.78 is 12.5. The molecule has 21 heavy (non-hydrogen) atoms. The van der Waals surface area contributed by atoms with Gasteiger partial charge in [0.05, 0.1) is 6.67 Å². The second kappa shape index (κ2) is 7.20. The summed E-state index contributed by atoms with van der Waals surface area (Å²) in [5, 5.41) is 2.77. The molecule has 0 saturated carbocycles. The lowest BCUT2D eigenvalue weighted by Crippen LogP contribution is -2.63. The van der Waals surface area contributed by atoms with Gasteiger partial charge in [-0.1, -0.05) is 37.3 Å². The van der Waals surface area contributed by atoms with Crippen molar-refractivity contribution in [3.63, 3.8) is 0 Å². The summed E-state index contributed by atoms with van der Waals surface area (Å²) in [5.41, 5.74) is 0.991. The Bertz CT molecular complexity index is 492. The highest BCUT2D eigenvalue weighted by molar-refractivity contribution is 5.97. The van der Waals surface area contributed by atoms with Gasteiger partial charge in [0, 0.05) is 13.0 Å². The van der Waals surface area contributed by atoms with Crippen LogP contribution in [0, 0.1) is 0 Å². The third kappa shape index (κ3) is 3.60. The second-order valence-corrected chi connectivity index (χ2v) is 5.25. The summed E-state index contributed by atoms with van der Waals surface area (Å²) in [5.74, 6) is -0.254. The number of benzene rings is 1. The first kappa shape index (κ1) is 15.5. The predicted molar refractivity (Wildman–Crippen MR) is 78.5 cm³/mol. The van der Waals surface area contributed by atoms with Crippen LogP contribution in [0.2, 0.25) is 0 Å². The Balaban J connectivity index is 2.18. The van der Waals surface area contributed by atoms with Crippen LogP contribution in [0.1, 0.15) is 25.3 Å². The first-order chi connectivity index (χ1) is 10.2. The molecule has 1 N–H and O–H groups in total. The summed E-state index contributed by atoms with van der Waals surface area (Å²) in [6.45, 7) is 1.66. The fourth-order valence-electron chi connectivity index (χ4n) is 2.64. The average molecular weight is 292 g/mol. The molecule has 1 saturated heterocycles. The van der Waals surface area contributed by atoms with Crippen molar-refractivity contribution < 1.29 is 14.0 Å². The summed E-state index contributed by atoms with van der Waals surface area (Å²) in [6, 6.07) is 8.54. The van der Waals surface area contributed by atoms with Crippen LogP contribution in [0.15, 0.2) is 30.3 Å². The van der Waals surface area contributed by atoms with Crippen molar-refractivity contribution >= 4 is 11.8 Å². The first-order valence-corrected chi connectivity index (χ1v) is 7.38. The Morgan fingerprint density at radius 2 is 1.95 bits per heavy atom. The molecule has 0 bridgehead atoms. The minimum atomic E-state index is -0.547. The van der Waals surface area contributed by atoms with Gasteiger partial charge in [0.2, 0.25) is 11.8 Å². The van der Waals surface area contributed by atoms with Gasteiger partial charge >= 0.3 is 0 Å². The largest absolute Gasteiger partial charge is 0.343 e. The standard InChI is InChI=1S/C16H21FN2O2/c1-2-13-16(21)19(10-6-9-17)14(15(20)18-13)11-12-7-4-3-5-8-12/h3-5,7-8,13-14H,2,6,9-11H2,1H3,(H,18,20). The summed E-state index contributed by atoms with van der Waals surface area (Å²) >= 11 is 0. The lowest BCUT2D eigenvalue weighted by atomic mass is 9.98. The number of halogens is 1. The van der Waals surface area contributed by atoms with Crippen LogP contribution in [-0.2, 0) is 16.0 Å². The molecule has 1 aliphatic heterocycles. The number of hydrogen-bond acceptors (Lipinski definition) is 2. The summed E-state index contributed by atoms with van der Waals surface area (Å²) in [4.78, 5) is 26.2. The van der Waals surface area contributed by atoms with Gasteiger partial charge in [-0.25, -0.2) is 0 Å². The van der Waals surface area contributed by atoms with Crippen molar-refractivity contribution in [3.05, 3.63) is 35.9 Å². The van der Waals surface area contributed by atoms with E-state index in [1.165, 1.54) is 0 Å². The molecular weight excluding hydrogens is 271 g/mol. The Kier molecular flexibility index (Phi) is 5.31. The van der Waals surface area contributed by atoms with Crippen molar-refractivity contribution in [2.45, 2.75) is 38.3 Å². The molecule has 2 amide bonds. The molecule has 5 heteroatoms. The normalized spacial score (nSPS) is 22.3. The third-order valence-corrected chi connectivity index (χ3v) is 3.79. The van der Waals surface area contributed by atoms with E-state index >= 15 is 0 Å². The number of rotatable bonds is 6. The molecule has 1 aromatic carbocycles. The summed E-state index contributed by atoms with van der Waals surface area (Å²) in [6.07, 6.45) is 1.27. The van der Waals surface area contributed by atoms with Crippen molar-refractivity contribution in [2.24, 2.45) is 0 Å². The van der Waals surface area contributed by atoms with E-state index in [2.05, 4.69) is 5.32 Å². The Morgan fingerprint density at radius 3 is 2.57 bits per heavy atom. The van der Waals surface area contributed by atoms with Crippen LogP contribution in [0.4, 0.5) is 4.39 Å². The van der Waals surface area contributed by atoms with E-state index in [-0.39, 0.29) is 24.8 Å². The third-order valence-electron chi connectivity index (χ3n) is 3.79. The van der Waals surface area contributed by atoms with Gasteiger partial charge in [-0.2, -0.15) is 0 Å². The van der Waals surface area contributed by atoms with E-state index in [1.54, 1.807) is 4.90 Å². The van der Waals surface area contributed by atoms with E-state index in [4.69, 9.17) is 0 Å². The van der Waals surface area contributed by atoms with Crippen LogP contribution >= 0.6 is 0 Å². The maximum absolute atomic E-state index is 12.5. The van der Waals surface area contributed by atoms with Gasteiger partial charge in [-0.3, -0.25) is 14.0 Å². The van der Waals surface area contributed by atoms with Gasteiger partial charge in [0.25, 0.3) is 0 Å². The molecule has 0 radical (unpaired) electrons. The maximum atomic E-state index is 12.5. The molecule has 0 spiro atoms. The van der Waals surface area contributed by atoms with Crippen molar-refractivity contribution in [3.8, 4) is 0 Å². The maximum Gasteiger partial charge on any atom is 0.245 e. The number of carbonyl (C=O) groups is 2. The number of amides is 2. The lowest BCUT2D eigenvalue weighted by molar-refractivity contribution is -0.149. The topological polar surface area (TPSA) is 49.4 Å². The van der Waals surface area contributed by atoms with Crippen LogP contribution < -0.4 is 5.32 Å². The molecule has 2 atom stereocenters. The van der Waals surface area contributed by atoms with Crippen molar-refractivity contribution in [1.82, 2.24) is 10.2 Å². The molecule has 1 fully saturated rings. The zero-order chi connectivity index (χ0) is 15.2. The van der Waals surface area contributed by atoms with Crippen LogP contribution in [0.3, 0.4) is 0 Å². The van der Waals surface area contributed by atoms with Gasteiger partial charge in [-0.15, -0.1) is 0 Å².